The van der Waals surface area contributed by atoms with Gasteiger partial charge in [-0.25, -0.2) is 0 Å². The minimum atomic E-state index is 0.655. The predicted molar refractivity (Wildman–Crippen MR) is 72.8 cm³/mol. The van der Waals surface area contributed by atoms with E-state index in [4.69, 9.17) is 0 Å². The molecule has 2 heterocycles. The van der Waals surface area contributed by atoms with E-state index in [9.17, 15) is 0 Å². The molecule has 0 spiro atoms. The van der Waals surface area contributed by atoms with Crippen molar-refractivity contribution in [2.45, 2.75) is 39.2 Å². The Morgan fingerprint density at radius 1 is 1.29 bits per heavy atom. The maximum atomic E-state index is 4.33. The van der Waals surface area contributed by atoms with E-state index in [0.717, 1.165) is 37.6 Å². The van der Waals surface area contributed by atoms with Gasteiger partial charge in [-0.1, -0.05) is 25.2 Å². The highest BCUT2D eigenvalue weighted by atomic mass is 32.1. The molecule has 1 aliphatic heterocycles. The van der Waals surface area contributed by atoms with Gasteiger partial charge in [0.05, 0.1) is 0 Å². The number of hydrogen-bond acceptors (Lipinski definition) is 5. The molecule has 0 aromatic carbocycles. The van der Waals surface area contributed by atoms with Gasteiger partial charge in [-0.3, -0.25) is 4.90 Å². The Morgan fingerprint density at radius 3 is 2.82 bits per heavy atom. The first kappa shape index (κ1) is 12.8. The Morgan fingerprint density at radius 2 is 2.12 bits per heavy atom. The normalized spacial score (nSPS) is 22.1. The van der Waals surface area contributed by atoms with Gasteiger partial charge in [0.2, 0.25) is 5.13 Å². The molecule has 0 radical (unpaired) electrons. The van der Waals surface area contributed by atoms with Gasteiger partial charge in [-0.05, 0) is 19.9 Å². The molecule has 2 rings (SSSR count). The van der Waals surface area contributed by atoms with Crippen LogP contribution in [0.5, 0.6) is 0 Å². The summed E-state index contributed by atoms with van der Waals surface area (Å²) in [6.07, 6.45) is 3.41. The van der Waals surface area contributed by atoms with Crippen LogP contribution in [0.4, 0.5) is 5.13 Å². The number of likely N-dealkylation sites (N-methyl/N-ethyl adjacent to an activating group) is 1. The number of nitrogens with zero attached hydrogens (tertiary/aromatic N) is 4. The van der Waals surface area contributed by atoms with Crippen LogP contribution in [0, 0.1) is 0 Å². The minimum absolute atomic E-state index is 0.655. The van der Waals surface area contributed by atoms with E-state index in [1.54, 1.807) is 11.3 Å². The molecule has 0 saturated carbocycles. The fourth-order valence-electron chi connectivity index (χ4n) is 2.25. The number of anilines is 1. The summed E-state index contributed by atoms with van der Waals surface area (Å²) < 4.78 is 0. The quantitative estimate of drug-likeness (QED) is 0.823. The third kappa shape index (κ3) is 2.96. The molecule has 0 aliphatic carbocycles. The first-order valence-electron chi connectivity index (χ1n) is 6.52. The maximum absolute atomic E-state index is 4.33. The SMILES string of the molecule is CCCc1nnc(N2CCN(C)C(CC)C2)s1. The van der Waals surface area contributed by atoms with Crippen molar-refractivity contribution >= 4 is 16.5 Å². The van der Waals surface area contributed by atoms with Gasteiger partial charge in [-0.2, -0.15) is 0 Å². The summed E-state index contributed by atoms with van der Waals surface area (Å²) in [4.78, 5) is 4.84. The van der Waals surface area contributed by atoms with Crippen LogP contribution in [0.25, 0.3) is 0 Å². The van der Waals surface area contributed by atoms with Gasteiger partial charge >= 0.3 is 0 Å². The maximum Gasteiger partial charge on any atom is 0.208 e. The Hall–Kier alpha value is -0.680. The lowest BCUT2D eigenvalue weighted by molar-refractivity contribution is 0.213. The zero-order valence-corrected chi connectivity index (χ0v) is 11.8. The van der Waals surface area contributed by atoms with E-state index in [0.29, 0.717) is 6.04 Å². The molecular weight excluding hydrogens is 232 g/mol. The molecule has 1 fully saturated rings. The summed E-state index contributed by atoms with van der Waals surface area (Å²) in [5.41, 5.74) is 0. The van der Waals surface area contributed by atoms with Gasteiger partial charge in [0.25, 0.3) is 0 Å². The summed E-state index contributed by atoms with van der Waals surface area (Å²) in [7, 11) is 2.22. The second kappa shape index (κ2) is 5.78. The van der Waals surface area contributed by atoms with Gasteiger partial charge in [0.1, 0.15) is 5.01 Å². The average molecular weight is 254 g/mol. The van der Waals surface area contributed by atoms with E-state index in [-0.39, 0.29) is 0 Å². The van der Waals surface area contributed by atoms with Crippen molar-refractivity contribution in [3.8, 4) is 0 Å². The zero-order valence-electron chi connectivity index (χ0n) is 11.0. The molecule has 0 N–H and O–H groups in total. The molecule has 1 aliphatic rings. The first-order valence-corrected chi connectivity index (χ1v) is 7.33. The second-order valence-electron chi connectivity index (χ2n) is 4.72. The molecule has 96 valence electrons. The first-order chi connectivity index (χ1) is 8.24. The summed E-state index contributed by atoms with van der Waals surface area (Å²) >= 11 is 1.76. The molecule has 5 heteroatoms. The average Bonchev–Trinajstić information content (AvgIpc) is 2.79. The van der Waals surface area contributed by atoms with Gasteiger partial charge in [0.15, 0.2) is 0 Å². The number of hydrogen-bond donors (Lipinski definition) is 0. The Kier molecular flexibility index (Phi) is 4.34. The molecule has 0 amide bonds. The standard InChI is InChI=1S/C12H22N4S/c1-4-6-11-13-14-12(17-11)16-8-7-15(3)10(5-2)9-16/h10H,4-9H2,1-3H3. The highest BCUT2D eigenvalue weighted by molar-refractivity contribution is 7.15. The topological polar surface area (TPSA) is 32.3 Å². The van der Waals surface area contributed by atoms with Crippen molar-refractivity contribution in [3.05, 3.63) is 5.01 Å². The third-order valence-electron chi connectivity index (χ3n) is 3.44. The van der Waals surface area contributed by atoms with E-state index < -0.39 is 0 Å². The molecule has 17 heavy (non-hydrogen) atoms. The molecule has 1 saturated heterocycles. The Bertz CT molecular complexity index is 352. The van der Waals surface area contributed by atoms with E-state index in [1.807, 2.05) is 0 Å². The molecule has 1 unspecified atom stereocenters. The fraction of sp³-hybridized carbons (Fsp3) is 0.833. The van der Waals surface area contributed by atoms with Crippen molar-refractivity contribution in [2.24, 2.45) is 0 Å². The predicted octanol–water partition coefficient (Wildman–Crippen LogP) is 2.02. The number of piperazine rings is 1. The van der Waals surface area contributed by atoms with Crippen molar-refractivity contribution < 1.29 is 0 Å². The fourth-order valence-corrected chi connectivity index (χ4v) is 3.22. The van der Waals surface area contributed by atoms with Crippen LogP contribution in [0.1, 0.15) is 31.7 Å². The highest BCUT2D eigenvalue weighted by Crippen LogP contribution is 2.24. The summed E-state index contributed by atoms with van der Waals surface area (Å²) in [6, 6.07) is 0.655. The Balaban J connectivity index is 2.01. The van der Waals surface area contributed by atoms with Crippen molar-refractivity contribution in [3.63, 3.8) is 0 Å². The van der Waals surface area contributed by atoms with Crippen molar-refractivity contribution in [2.75, 3.05) is 31.6 Å². The largest absolute Gasteiger partial charge is 0.344 e. The lowest BCUT2D eigenvalue weighted by Gasteiger charge is -2.38. The van der Waals surface area contributed by atoms with Gasteiger partial charge < -0.3 is 4.90 Å². The van der Waals surface area contributed by atoms with Gasteiger partial charge in [-0.15, -0.1) is 10.2 Å². The van der Waals surface area contributed by atoms with Crippen LogP contribution in [0.2, 0.25) is 0 Å². The zero-order chi connectivity index (χ0) is 12.3. The highest BCUT2D eigenvalue weighted by Gasteiger charge is 2.24. The van der Waals surface area contributed by atoms with Crippen LogP contribution >= 0.6 is 11.3 Å². The van der Waals surface area contributed by atoms with Crippen LogP contribution in [0.3, 0.4) is 0 Å². The number of rotatable bonds is 4. The summed E-state index contributed by atoms with van der Waals surface area (Å²) in [5, 5.41) is 10.9. The van der Waals surface area contributed by atoms with Crippen LogP contribution < -0.4 is 4.90 Å². The van der Waals surface area contributed by atoms with Crippen molar-refractivity contribution in [1.82, 2.24) is 15.1 Å². The molecule has 1 atom stereocenters. The number of aryl methyl sites for hydroxylation is 1. The van der Waals surface area contributed by atoms with Crippen LogP contribution in [0.15, 0.2) is 0 Å². The Labute approximate surface area is 108 Å². The van der Waals surface area contributed by atoms with Crippen molar-refractivity contribution in [1.29, 1.82) is 0 Å². The molecule has 1 aromatic heterocycles. The number of aromatic nitrogens is 2. The minimum Gasteiger partial charge on any atom is -0.344 e. The monoisotopic (exact) mass is 254 g/mol. The molecular formula is C12H22N4S. The molecule has 1 aromatic rings. The van der Waals surface area contributed by atoms with Crippen LogP contribution in [-0.4, -0.2) is 47.8 Å². The van der Waals surface area contributed by atoms with Gasteiger partial charge in [0, 0.05) is 32.1 Å². The summed E-state index contributed by atoms with van der Waals surface area (Å²) in [6.45, 7) is 7.74. The van der Waals surface area contributed by atoms with E-state index >= 15 is 0 Å². The van der Waals surface area contributed by atoms with E-state index in [1.165, 1.54) is 11.4 Å². The lowest BCUT2D eigenvalue weighted by atomic mass is 10.1. The molecule has 0 bridgehead atoms. The second-order valence-corrected chi connectivity index (χ2v) is 5.76. The van der Waals surface area contributed by atoms with Crippen LogP contribution in [-0.2, 0) is 6.42 Å². The molecule has 4 nitrogen and oxygen atoms in total. The smallest absolute Gasteiger partial charge is 0.208 e. The third-order valence-corrected chi connectivity index (χ3v) is 4.48. The lowest BCUT2D eigenvalue weighted by Crippen LogP contribution is -2.51. The summed E-state index contributed by atoms with van der Waals surface area (Å²) in [5.74, 6) is 0. The van der Waals surface area contributed by atoms with E-state index in [2.05, 4.69) is 40.9 Å².